The van der Waals surface area contributed by atoms with Crippen LogP contribution in [0.15, 0.2) is 76.2 Å². The Morgan fingerprint density at radius 2 is 1.77 bits per heavy atom. The molecule has 156 valence electrons. The van der Waals surface area contributed by atoms with Crippen LogP contribution in [-0.2, 0) is 9.84 Å². The molecule has 0 radical (unpaired) electrons. The lowest BCUT2D eigenvalue weighted by Gasteiger charge is -2.27. The summed E-state index contributed by atoms with van der Waals surface area (Å²) in [4.78, 5) is 19.1. The molecule has 6 nitrogen and oxygen atoms in total. The van der Waals surface area contributed by atoms with Crippen LogP contribution in [0.4, 0.5) is 5.69 Å². The molecule has 30 heavy (non-hydrogen) atoms. The normalized spacial score (nSPS) is 11.4. The standard InChI is InChI=1S/C22H21BrN2O4S/c1-15(2)25(18-8-10-20(11-9-18)30(3,27)28)22(26)16-7-12-21(24-14-16)29-19-6-4-5-17(23)13-19/h4-15H,1-3H3. The minimum absolute atomic E-state index is 0.140. The first-order valence-corrected chi connectivity index (χ1v) is 11.9. The molecule has 0 bridgehead atoms. The van der Waals surface area contributed by atoms with Gasteiger partial charge in [-0.05, 0) is 62.4 Å². The molecular formula is C22H21BrN2O4S. The Hall–Kier alpha value is -2.71. The number of benzene rings is 2. The topological polar surface area (TPSA) is 76.6 Å². The van der Waals surface area contributed by atoms with E-state index in [-0.39, 0.29) is 16.8 Å². The number of aromatic nitrogens is 1. The molecule has 1 heterocycles. The molecular weight excluding hydrogens is 468 g/mol. The van der Waals surface area contributed by atoms with E-state index in [1.54, 1.807) is 29.2 Å². The van der Waals surface area contributed by atoms with Gasteiger partial charge in [0.25, 0.3) is 5.91 Å². The zero-order valence-electron chi connectivity index (χ0n) is 16.7. The number of pyridine rings is 1. The van der Waals surface area contributed by atoms with E-state index in [0.29, 0.717) is 22.9 Å². The Balaban J connectivity index is 1.82. The lowest BCUT2D eigenvalue weighted by Crippen LogP contribution is -2.37. The number of carbonyl (C=O) groups is 1. The summed E-state index contributed by atoms with van der Waals surface area (Å²) < 4.78 is 30.0. The molecule has 0 saturated carbocycles. The number of anilines is 1. The molecule has 0 aliphatic carbocycles. The van der Waals surface area contributed by atoms with Crippen molar-refractivity contribution in [2.75, 3.05) is 11.2 Å². The molecule has 0 aliphatic rings. The van der Waals surface area contributed by atoms with Crippen LogP contribution < -0.4 is 9.64 Å². The Bertz CT molecular complexity index is 1140. The highest BCUT2D eigenvalue weighted by atomic mass is 79.9. The van der Waals surface area contributed by atoms with E-state index < -0.39 is 9.84 Å². The van der Waals surface area contributed by atoms with Crippen LogP contribution in [0, 0.1) is 0 Å². The molecule has 0 aliphatic heterocycles. The van der Waals surface area contributed by atoms with Crippen molar-refractivity contribution in [1.82, 2.24) is 4.98 Å². The van der Waals surface area contributed by atoms with Gasteiger partial charge in [-0.1, -0.05) is 22.0 Å². The first-order valence-electron chi connectivity index (χ1n) is 9.18. The smallest absolute Gasteiger partial charge is 0.260 e. The summed E-state index contributed by atoms with van der Waals surface area (Å²) in [5, 5.41) is 0. The second-order valence-corrected chi connectivity index (χ2v) is 9.91. The fourth-order valence-corrected chi connectivity index (χ4v) is 3.87. The summed E-state index contributed by atoms with van der Waals surface area (Å²) >= 11 is 3.39. The Kier molecular flexibility index (Phi) is 6.58. The van der Waals surface area contributed by atoms with Crippen LogP contribution >= 0.6 is 15.9 Å². The molecule has 0 spiro atoms. The Morgan fingerprint density at radius 1 is 1.07 bits per heavy atom. The predicted molar refractivity (Wildman–Crippen MR) is 120 cm³/mol. The first-order chi connectivity index (χ1) is 14.1. The SMILES string of the molecule is CC(C)N(C(=O)c1ccc(Oc2cccc(Br)c2)nc1)c1ccc(S(C)(=O)=O)cc1. The average molecular weight is 489 g/mol. The van der Waals surface area contributed by atoms with Crippen molar-refractivity contribution in [3.8, 4) is 11.6 Å². The summed E-state index contributed by atoms with van der Waals surface area (Å²) in [6, 6.07) is 16.8. The van der Waals surface area contributed by atoms with Crippen LogP contribution in [0.1, 0.15) is 24.2 Å². The second-order valence-electron chi connectivity index (χ2n) is 6.98. The summed E-state index contributed by atoms with van der Waals surface area (Å²) in [5.41, 5.74) is 1.01. The van der Waals surface area contributed by atoms with E-state index in [1.165, 1.54) is 18.3 Å². The lowest BCUT2D eigenvalue weighted by atomic mass is 10.1. The molecule has 0 fully saturated rings. The van der Waals surface area contributed by atoms with Gasteiger partial charge in [0.2, 0.25) is 5.88 Å². The molecule has 0 N–H and O–H groups in total. The molecule has 0 saturated heterocycles. The molecule has 2 aromatic carbocycles. The average Bonchev–Trinajstić information content (AvgIpc) is 2.68. The molecule has 0 unspecified atom stereocenters. The van der Waals surface area contributed by atoms with Gasteiger partial charge >= 0.3 is 0 Å². The van der Waals surface area contributed by atoms with E-state index in [4.69, 9.17) is 4.74 Å². The minimum atomic E-state index is -3.30. The van der Waals surface area contributed by atoms with Gasteiger partial charge in [0.05, 0.1) is 10.5 Å². The van der Waals surface area contributed by atoms with E-state index in [9.17, 15) is 13.2 Å². The number of carbonyl (C=O) groups excluding carboxylic acids is 1. The van der Waals surface area contributed by atoms with Crippen LogP contribution in [0.3, 0.4) is 0 Å². The predicted octanol–water partition coefficient (Wildman–Crippen LogP) is 5.10. The van der Waals surface area contributed by atoms with Gasteiger partial charge in [-0.3, -0.25) is 4.79 Å². The highest BCUT2D eigenvalue weighted by molar-refractivity contribution is 9.10. The minimum Gasteiger partial charge on any atom is -0.439 e. The van der Waals surface area contributed by atoms with Gasteiger partial charge in [-0.15, -0.1) is 0 Å². The number of rotatable bonds is 6. The highest BCUT2D eigenvalue weighted by Crippen LogP contribution is 2.25. The maximum absolute atomic E-state index is 13.1. The first kappa shape index (κ1) is 22.0. The third-order valence-electron chi connectivity index (χ3n) is 4.28. The van der Waals surface area contributed by atoms with Crippen molar-refractivity contribution in [2.45, 2.75) is 24.8 Å². The quantitative estimate of drug-likeness (QED) is 0.482. The van der Waals surface area contributed by atoms with Crippen LogP contribution in [-0.4, -0.2) is 31.6 Å². The summed E-state index contributed by atoms with van der Waals surface area (Å²) in [7, 11) is -3.30. The van der Waals surface area contributed by atoms with Gasteiger partial charge in [-0.25, -0.2) is 13.4 Å². The number of sulfone groups is 1. The molecule has 1 amide bonds. The number of halogens is 1. The van der Waals surface area contributed by atoms with Crippen molar-refractivity contribution in [1.29, 1.82) is 0 Å². The fourth-order valence-electron chi connectivity index (χ4n) is 2.86. The number of ether oxygens (including phenoxy) is 1. The van der Waals surface area contributed by atoms with Gasteiger partial charge in [0.1, 0.15) is 5.75 Å². The summed E-state index contributed by atoms with van der Waals surface area (Å²) in [6.07, 6.45) is 2.62. The van der Waals surface area contributed by atoms with E-state index in [0.717, 1.165) is 10.7 Å². The van der Waals surface area contributed by atoms with E-state index >= 15 is 0 Å². The fraction of sp³-hybridized carbons (Fsp3) is 0.182. The third-order valence-corrected chi connectivity index (χ3v) is 5.90. The van der Waals surface area contributed by atoms with Crippen molar-refractivity contribution < 1.29 is 17.9 Å². The Morgan fingerprint density at radius 3 is 2.30 bits per heavy atom. The number of hydrogen-bond acceptors (Lipinski definition) is 5. The largest absolute Gasteiger partial charge is 0.439 e. The molecule has 8 heteroatoms. The monoisotopic (exact) mass is 488 g/mol. The summed E-state index contributed by atoms with van der Waals surface area (Å²) in [5.74, 6) is 0.766. The third kappa shape index (κ3) is 5.25. The van der Waals surface area contributed by atoms with Gasteiger partial charge < -0.3 is 9.64 Å². The maximum atomic E-state index is 13.1. The van der Waals surface area contributed by atoms with Crippen LogP contribution in [0.2, 0.25) is 0 Å². The molecule has 3 rings (SSSR count). The number of amides is 1. The molecule has 1 aromatic heterocycles. The maximum Gasteiger partial charge on any atom is 0.260 e. The lowest BCUT2D eigenvalue weighted by molar-refractivity contribution is 0.0980. The second kappa shape index (κ2) is 8.97. The van der Waals surface area contributed by atoms with Crippen molar-refractivity contribution in [3.05, 3.63) is 76.9 Å². The van der Waals surface area contributed by atoms with E-state index in [2.05, 4.69) is 20.9 Å². The molecule has 0 atom stereocenters. The summed E-state index contributed by atoms with van der Waals surface area (Å²) in [6.45, 7) is 3.78. The van der Waals surface area contributed by atoms with Gasteiger partial charge in [0.15, 0.2) is 9.84 Å². The number of nitrogens with zero attached hydrogens (tertiary/aromatic N) is 2. The van der Waals surface area contributed by atoms with Gasteiger partial charge in [-0.2, -0.15) is 0 Å². The number of hydrogen-bond donors (Lipinski definition) is 0. The highest BCUT2D eigenvalue weighted by Gasteiger charge is 2.22. The van der Waals surface area contributed by atoms with Crippen LogP contribution in [0.25, 0.3) is 0 Å². The van der Waals surface area contributed by atoms with Crippen molar-refractivity contribution in [3.63, 3.8) is 0 Å². The zero-order valence-corrected chi connectivity index (χ0v) is 19.1. The van der Waals surface area contributed by atoms with E-state index in [1.807, 2.05) is 38.1 Å². The van der Waals surface area contributed by atoms with Crippen LogP contribution in [0.5, 0.6) is 11.6 Å². The van der Waals surface area contributed by atoms with Gasteiger partial charge in [0, 0.05) is 34.7 Å². The van der Waals surface area contributed by atoms with Crippen molar-refractivity contribution >= 4 is 37.4 Å². The zero-order chi connectivity index (χ0) is 21.9. The molecule has 3 aromatic rings. The Labute approximate surface area is 184 Å². The van der Waals surface area contributed by atoms with Crippen molar-refractivity contribution in [2.24, 2.45) is 0 Å².